The molecule has 1 aliphatic carbocycles. The van der Waals surface area contributed by atoms with Gasteiger partial charge in [0.2, 0.25) is 5.91 Å². The predicted molar refractivity (Wildman–Crippen MR) is 109 cm³/mol. The molecule has 4 nitrogen and oxygen atoms in total. The molecule has 27 heavy (non-hydrogen) atoms. The Hall–Kier alpha value is -2.59. The molecule has 4 rings (SSSR count). The first-order valence-electron chi connectivity index (χ1n) is 9.37. The first-order chi connectivity index (χ1) is 13.2. The van der Waals surface area contributed by atoms with E-state index in [2.05, 4.69) is 15.5 Å². The van der Waals surface area contributed by atoms with Crippen molar-refractivity contribution in [3.05, 3.63) is 70.9 Å². The summed E-state index contributed by atoms with van der Waals surface area (Å²) in [5, 5.41) is 11.5. The highest BCUT2D eigenvalue weighted by Crippen LogP contribution is 2.45. The van der Waals surface area contributed by atoms with Crippen molar-refractivity contribution in [3.63, 3.8) is 0 Å². The first-order valence-corrected chi connectivity index (χ1v) is 9.75. The number of H-pyrrole nitrogens is 1. The molecule has 0 bridgehead atoms. The number of benzene rings is 2. The van der Waals surface area contributed by atoms with Crippen LogP contribution in [0.2, 0.25) is 5.02 Å². The van der Waals surface area contributed by atoms with Crippen LogP contribution in [0.3, 0.4) is 0 Å². The van der Waals surface area contributed by atoms with E-state index in [1.165, 1.54) is 0 Å². The molecule has 0 saturated heterocycles. The number of carbonyl (C=O) groups excluding carboxylic acids is 1. The number of aromatic nitrogens is 2. The molecule has 1 aliphatic rings. The summed E-state index contributed by atoms with van der Waals surface area (Å²) in [6.45, 7) is 2.04. The minimum absolute atomic E-state index is 0.00205. The third-order valence-corrected chi connectivity index (χ3v) is 5.32. The zero-order valence-electron chi connectivity index (χ0n) is 15.2. The number of hydrogen-bond donors (Lipinski definition) is 2. The van der Waals surface area contributed by atoms with E-state index in [1.807, 2.05) is 61.5 Å². The number of amides is 1. The second-order valence-electron chi connectivity index (χ2n) is 7.00. The minimum Gasteiger partial charge on any atom is -0.322 e. The normalized spacial score (nSPS) is 14.7. The zero-order chi connectivity index (χ0) is 18.8. The van der Waals surface area contributed by atoms with E-state index < -0.39 is 0 Å². The Morgan fingerprint density at radius 3 is 2.52 bits per heavy atom. The number of rotatable bonds is 6. The molecule has 1 heterocycles. The van der Waals surface area contributed by atoms with Crippen LogP contribution in [0.4, 0.5) is 5.69 Å². The summed E-state index contributed by atoms with van der Waals surface area (Å²) in [5.74, 6) is 0.263. The van der Waals surface area contributed by atoms with Gasteiger partial charge in [0.05, 0.1) is 17.3 Å². The Labute approximate surface area is 164 Å². The number of hydrogen-bond acceptors (Lipinski definition) is 2. The highest BCUT2D eigenvalue weighted by molar-refractivity contribution is 6.30. The van der Waals surface area contributed by atoms with Crippen LogP contribution in [0.25, 0.3) is 11.3 Å². The highest BCUT2D eigenvalue weighted by Gasteiger charge is 2.32. The molecule has 0 unspecified atom stereocenters. The number of nitrogens with zero attached hydrogens (tertiary/aromatic N) is 1. The molecule has 0 radical (unpaired) electrons. The second-order valence-corrected chi connectivity index (χ2v) is 7.44. The lowest BCUT2D eigenvalue weighted by atomic mass is 9.95. The third kappa shape index (κ3) is 3.76. The maximum atomic E-state index is 13.1. The monoisotopic (exact) mass is 379 g/mol. The van der Waals surface area contributed by atoms with Gasteiger partial charge in [0.1, 0.15) is 5.69 Å². The number of aromatic amines is 1. The lowest BCUT2D eigenvalue weighted by Gasteiger charge is -2.16. The number of nitrogens with one attached hydrogen (secondary N) is 2. The molecular weight excluding hydrogens is 358 g/mol. The van der Waals surface area contributed by atoms with Crippen molar-refractivity contribution in [2.24, 2.45) is 0 Å². The quantitative estimate of drug-likeness (QED) is 0.573. The van der Waals surface area contributed by atoms with Gasteiger partial charge in [-0.25, -0.2) is 0 Å². The molecule has 1 amide bonds. The molecule has 2 N–H and O–H groups in total. The third-order valence-electron chi connectivity index (χ3n) is 5.07. The van der Waals surface area contributed by atoms with Crippen LogP contribution in [-0.2, 0) is 4.79 Å². The van der Waals surface area contributed by atoms with Gasteiger partial charge in [-0.2, -0.15) is 5.10 Å². The van der Waals surface area contributed by atoms with Gasteiger partial charge < -0.3 is 5.32 Å². The smallest absolute Gasteiger partial charge is 0.232 e. The van der Waals surface area contributed by atoms with Gasteiger partial charge in [0.15, 0.2) is 0 Å². The molecule has 1 fully saturated rings. The summed E-state index contributed by atoms with van der Waals surface area (Å²) in [6.07, 6.45) is 2.99. The van der Waals surface area contributed by atoms with E-state index in [0.29, 0.717) is 10.9 Å². The standard InChI is InChI=1S/C22H22ClN3O/c1-2-18(14-6-4-3-5-7-14)22(27)24-21-19(15-8-9-15)25-26-20(21)16-10-12-17(23)13-11-16/h3-7,10-13,15,18H,2,8-9H2,1H3,(H,24,27)(H,25,26)/t18-/m0/s1. The average Bonchev–Trinajstić information content (AvgIpc) is 3.45. The molecule has 0 aliphatic heterocycles. The fourth-order valence-corrected chi connectivity index (χ4v) is 3.56. The van der Waals surface area contributed by atoms with Crippen molar-refractivity contribution in [2.75, 3.05) is 5.32 Å². The van der Waals surface area contributed by atoms with Crippen LogP contribution in [0.15, 0.2) is 54.6 Å². The van der Waals surface area contributed by atoms with Crippen molar-refractivity contribution in [1.29, 1.82) is 0 Å². The fraction of sp³-hybridized carbons (Fsp3) is 0.273. The molecule has 2 aromatic carbocycles. The van der Waals surface area contributed by atoms with Gasteiger partial charge >= 0.3 is 0 Å². The summed E-state index contributed by atoms with van der Waals surface area (Å²) in [7, 11) is 0. The van der Waals surface area contributed by atoms with Crippen LogP contribution in [0.1, 0.15) is 49.3 Å². The van der Waals surface area contributed by atoms with Gasteiger partial charge in [0, 0.05) is 16.5 Å². The fourth-order valence-electron chi connectivity index (χ4n) is 3.43. The van der Waals surface area contributed by atoms with Gasteiger partial charge in [-0.3, -0.25) is 9.89 Å². The van der Waals surface area contributed by atoms with Crippen LogP contribution in [0, 0.1) is 0 Å². The van der Waals surface area contributed by atoms with Crippen molar-refractivity contribution >= 4 is 23.2 Å². The number of carbonyl (C=O) groups is 1. The Kier molecular flexibility index (Phi) is 4.99. The molecule has 1 atom stereocenters. The van der Waals surface area contributed by atoms with Crippen molar-refractivity contribution in [2.45, 2.75) is 38.0 Å². The van der Waals surface area contributed by atoms with Gasteiger partial charge in [-0.05, 0) is 37.0 Å². The maximum absolute atomic E-state index is 13.1. The average molecular weight is 380 g/mol. The summed E-state index contributed by atoms with van der Waals surface area (Å²) >= 11 is 6.02. The summed E-state index contributed by atoms with van der Waals surface area (Å²) < 4.78 is 0. The highest BCUT2D eigenvalue weighted by atomic mass is 35.5. The van der Waals surface area contributed by atoms with E-state index in [-0.39, 0.29) is 11.8 Å². The Bertz CT molecular complexity index is 930. The summed E-state index contributed by atoms with van der Waals surface area (Å²) in [4.78, 5) is 13.1. The summed E-state index contributed by atoms with van der Waals surface area (Å²) in [6, 6.07) is 17.5. The SMILES string of the molecule is CC[C@H](C(=O)Nc1c(-c2ccc(Cl)cc2)n[nH]c1C1CC1)c1ccccc1. The molecule has 5 heteroatoms. The van der Waals surface area contributed by atoms with Crippen LogP contribution >= 0.6 is 11.6 Å². The van der Waals surface area contributed by atoms with Crippen LogP contribution in [0.5, 0.6) is 0 Å². The molecule has 138 valence electrons. The van der Waals surface area contributed by atoms with E-state index in [9.17, 15) is 4.79 Å². The largest absolute Gasteiger partial charge is 0.322 e. The summed E-state index contributed by atoms with van der Waals surface area (Å²) in [5.41, 5.74) is 4.56. The molecule has 1 saturated carbocycles. The minimum atomic E-state index is -0.189. The van der Waals surface area contributed by atoms with E-state index in [1.54, 1.807) is 0 Å². The van der Waals surface area contributed by atoms with Crippen molar-refractivity contribution < 1.29 is 4.79 Å². The van der Waals surface area contributed by atoms with Crippen molar-refractivity contribution in [1.82, 2.24) is 10.2 Å². The lowest BCUT2D eigenvalue weighted by molar-refractivity contribution is -0.117. The van der Waals surface area contributed by atoms with Gasteiger partial charge in [-0.1, -0.05) is 61.0 Å². The van der Waals surface area contributed by atoms with E-state index in [4.69, 9.17) is 11.6 Å². The molecule has 0 spiro atoms. The predicted octanol–water partition coefficient (Wildman–Crippen LogP) is 5.74. The molecular formula is C22H22ClN3O. The van der Waals surface area contributed by atoms with E-state index in [0.717, 1.165) is 47.5 Å². The van der Waals surface area contributed by atoms with Gasteiger partial charge in [-0.15, -0.1) is 0 Å². The van der Waals surface area contributed by atoms with Crippen molar-refractivity contribution in [3.8, 4) is 11.3 Å². The first kappa shape index (κ1) is 17.8. The molecule has 1 aromatic heterocycles. The Morgan fingerprint density at radius 1 is 1.19 bits per heavy atom. The Morgan fingerprint density at radius 2 is 1.89 bits per heavy atom. The Balaban J connectivity index is 1.67. The van der Waals surface area contributed by atoms with Crippen LogP contribution < -0.4 is 5.32 Å². The van der Waals surface area contributed by atoms with Gasteiger partial charge in [0.25, 0.3) is 0 Å². The number of anilines is 1. The second kappa shape index (κ2) is 7.57. The lowest BCUT2D eigenvalue weighted by Crippen LogP contribution is -2.21. The maximum Gasteiger partial charge on any atom is 0.232 e. The van der Waals surface area contributed by atoms with E-state index >= 15 is 0 Å². The topological polar surface area (TPSA) is 57.8 Å². The zero-order valence-corrected chi connectivity index (χ0v) is 16.0. The molecule has 3 aromatic rings. The van der Waals surface area contributed by atoms with Crippen LogP contribution in [-0.4, -0.2) is 16.1 Å². The number of halogens is 1.